The van der Waals surface area contributed by atoms with Crippen molar-refractivity contribution in [2.75, 3.05) is 10.6 Å². The number of amides is 2. The smallest absolute Gasteiger partial charge is 0.258 e. The quantitative estimate of drug-likeness (QED) is 0.825. The van der Waals surface area contributed by atoms with Gasteiger partial charge in [0.25, 0.3) is 5.91 Å². The summed E-state index contributed by atoms with van der Waals surface area (Å²) in [5, 5.41) is 5.67. The van der Waals surface area contributed by atoms with Crippen LogP contribution in [-0.2, 0) is 4.79 Å². The first kappa shape index (κ1) is 16.0. The molecule has 0 atom stereocenters. The van der Waals surface area contributed by atoms with Crippen LogP contribution in [0.2, 0.25) is 5.15 Å². The van der Waals surface area contributed by atoms with E-state index in [-0.39, 0.29) is 17.0 Å². The second kappa shape index (κ2) is 7.56. The van der Waals surface area contributed by atoms with E-state index in [1.54, 1.807) is 36.4 Å². The molecule has 2 N–H and O–H groups in total. The Labute approximate surface area is 133 Å². The normalized spacial score (nSPS) is 10.1. The molecule has 5 nitrogen and oxygen atoms in total. The molecule has 0 aliphatic carbocycles. The number of benzene rings is 1. The predicted molar refractivity (Wildman–Crippen MR) is 87.2 cm³/mol. The summed E-state index contributed by atoms with van der Waals surface area (Å²) >= 11 is 5.88. The number of rotatable bonds is 5. The van der Waals surface area contributed by atoms with E-state index in [1.165, 1.54) is 6.20 Å². The average Bonchev–Trinajstić information content (AvgIpc) is 2.50. The summed E-state index contributed by atoms with van der Waals surface area (Å²) in [6.45, 7) is 1.95. The molecule has 1 aromatic heterocycles. The molecule has 0 bridgehead atoms. The van der Waals surface area contributed by atoms with Gasteiger partial charge < -0.3 is 10.6 Å². The highest BCUT2D eigenvalue weighted by molar-refractivity contribution is 6.33. The Bertz CT molecular complexity index is 671. The lowest BCUT2D eigenvalue weighted by atomic mass is 10.2. The third kappa shape index (κ3) is 4.30. The maximum atomic E-state index is 12.1. The Hall–Kier alpha value is -2.40. The van der Waals surface area contributed by atoms with Crippen molar-refractivity contribution in [3.8, 4) is 0 Å². The number of hydrogen-bond donors (Lipinski definition) is 2. The third-order valence-electron chi connectivity index (χ3n) is 2.91. The highest BCUT2D eigenvalue weighted by atomic mass is 35.5. The minimum Gasteiger partial charge on any atom is -0.326 e. The summed E-state index contributed by atoms with van der Waals surface area (Å²) in [6, 6.07) is 10.1. The van der Waals surface area contributed by atoms with Crippen molar-refractivity contribution in [2.24, 2.45) is 0 Å². The lowest BCUT2D eigenvalue weighted by Gasteiger charge is -2.08. The molecule has 2 rings (SSSR count). The molecule has 0 spiro atoms. The number of nitrogens with one attached hydrogen (secondary N) is 2. The van der Waals surface area contributed by atoms with Crippen LogP contribution in [0, 0.1) is 0 Å². The molecule has 0 saturated heterocycles. The summed E-state index contributed by atoms with van der Waals surface area (Å²) in [6.07, 6.45) is 2.80. The van der Waals surface area contributed by atoms with Gasteiger partial charge in [0.05, 0.1) is 5.56 Å². The summed E-state index contributed by atoms with van der Waals surface area (Å²) in [4.78, 5) is 27.4. The van der Waals surface area contributed by atoms with Crippen LogP contribution >= 0.6 is 11.6 Å². The first-order valence-corrected chi connectivity index (χ1v) is 7.29. The molecule has 114 valence electrons. The molecule has 2 amide bonds. The maximum absolute atomic E-state index is 12.1. The predicted octanol–water partition coefficient (Wildman–Crippen LogP) is 3.73. The summed E-state index contributed by atoms with van der Waals surface area (Å²) < 4.78 is 0. The molecule has 0 saturated carbocycles. The number of halogens is 1. The fraction of sp³-hybridized carbons (Fsp3) is 0.188. The SMILES string of the molecule is CCCC(=O)Nc1ccc(NC(=O)c2cccnc2Cl)cc1. The van der Waals surface area contributed by atoms with Gasteiger partial charge in [-0.05, 0) is 42.8 Å². The molecule has 0 fully saturated rings. The van der Waals surface area contributed by atoms with E-state index in [2.05, 4.69) is 15.6 Å². The molecule has 0 radical (unpaired) electrons. The van der Waals surface area contributed by atoms with Gasteiger partial charge in [-0.15, -0.1) is 0 Å². The van der Waals surface area contributed by atoms with E-state index in [0.717, 1.165) is 6.42 Å². The standard InChI is InChI=1S/C16H16ClN3O2/c1-2-4-14(21)19-11-6-8-12(9-7-11)20-16(22)13-5-3-10-18-15(13)17/h3,5-10H,2,4H2,1H3,(H,19,21)(H,20,22). The fourth-order valence-electron chi connectivity index (χ4n) is 1.84. The highest BCUT2D eigenvalue weighted by Gasteiger charge is 2.10. The zero-order valence-electron chi connectivity index (χ0n) is 12.1. The average molecular weight is 318 g/mol. The van der Waals surface area contributed by atoms with Gasteiger partial charge >= 0.3 is 0 Å². The van der Waals surface area contributed by atoms with Gasteiger partial charge in [-0.25, -0.2) is 4.98 Å². The van der Waals surface area contributed by atoms with E-state index in [4.69, 9.17) is 11.6 Å². The van der Waals surface area contributed by atoms with Crippen LogP contribution in [0.15, 0.2) is 42.6 Å². The second-order valence-electron chi connectivity index (χ2n) is 4.67. The first-order valence-electron chi connectivity index (χ1n) is 6.92. The van der Waals surface area contributed by atoms with Crippen molar-refractivity contribution in [3.63, 3.8) is 0 Å². The third-order valence-corrected chi connectivity index (χ3v) is 3.21. The monoisotopic (exact) mass is 317 g/mol. The van der Waals surface area contributed by atoms with Crippen LogP contribution in [0.3, 0.4) is 0 Å². The number of anilines is 2. The van der Waals surface area contributed by atoms with Gasteiger partial charge in [-0.2, -0.15) is 0 Å². The van der Waals surface area contributed by atoms with Gasteiger partial charge in [0.1, 0.15) is 5.15 Å². The Kier molecular flexibility index (Phi) is 5.49. The first-order chi connectivity index (χ1) is 10.6. The fourth-order valence-corrected chi connectivity index (χ4v) is 2.05. The topological polar surface area (TPSA) is 71.1 Å². The van der Waals surface area contributed by atoms with Gasteiger partial charge in [0, 0.05) is 24.0 Å². The van der Waals surface area contributed by atoms with Gasteiger partial charge in [-0.1, -0.05) is 18.5 Å². The van der Waals surface area contributed by atoms with E-state index >= 15 is 0 Å². The molecule has 0 unspecified atom stereocenters. The van der Waals surface area contributed by atoms with Crippen molar-refractivity contribution in [3.05, 3.63) is 53.3 Å². The molecule has 6 heteroatoms. The van der Waals surface area contributed by atoms with Crippen molar-refractivity contribution < 1.29 is 9.59 Å². The molecule has 1 heterocycles. The number of aromatic nitrogens is 1. The van der Waals surface area contributed by atoms with Crippen molar-refractivity contribution >= 4 is 34.8 Å². The Morgan fingerprint density at radius 2 is 1.73 bits per heavy atom. The van der Waals surface area contributed by atoms with Crippen LogP contribution in [0.1, 0.15) is 30.1 Å². The lowest BCUT2D eigenvalue weighted by molar-refractivity contribution is -0.116. The molecule has 0 aliphatic heterocycles. The number of pyridine rings is 1. The van der Waals surface area contributed by atoms with Crippen molar-refractivity contribution in [1.29, 1.82) is 0 Å². The van der Waals surface area contributed by atoms with Crippen LogP contribution in [-0.4, -0.2) is 16.8 Å². The van der Waals surface area contributed by atoms with E-state index in [9.17, 15) is 9.59 Å². The van der Waals surface area contributed by atoms with Gasteiger partial charge in [-0.3, -0.25) is 9.59 Å². The molecule has 2 aromatic rings. The van der Waals surface area contributed by atoms with Crippen LogP contribution < -0.4 is 10.6 Å². The zero-order valence-corrected chi connectivity index (χ0v) is 12.9. The number of carbonyl (C=O) groups is 2. The molecule has 0 aliphatic rings. The molecule has 22 heavy (non-hydrogen) atoms. The minimum absolute atomic E-state index is 0.0265. The number of hydrogen-bond acceptors (Lipinski definition) is 3. The molecule has 1 aromatic carbocycles. The van der Waals surface area contributed by atoms with Gasteiger partial charge in [0.15, 0.2) is 0 Å². The highest BCUT2D eigenvalue weighted by Crippen LogP contribution is 2.17. The minimum atomic E-state index is -0.333. The lowest BCUT2D eigenvalue weighted by Crippen LogP contribution is -2.13. The number of carbonyl (C=O) groups excluding carboxylic acids is 2. The number of nitrogens with zero attached hydrogens (tertiary/aromatic N) is 1. The Morgan fingerprint density at radius 1 is 1.09 bits per heavy atom. The van der Waals surface area contributed by atoms with E-state index in [0.29, 0.717) is 23.4 Å². The molecular formula is C16H16ClN3O2. The van der Waals surface area contributed by atoms with Crippen molar-refractivity contribution in [2.45, 2.75) is 19.8 Å². The van der Waals surface area contributed by atoms with E-state index < -0.39 is 0 Å². The van der Waals surface area contributed by atoms with Crippen LogP contribution in [0.5, 0.6) is 0 Å². The summed E-state index contributed by atoms with van der Waals surface area (Å²) in [5.41, 5.74) is 1.61. The zero-order chi connectivity index (χ0) is 15.9. The Balaban J connectivity index is 2.01. The van der Waals surface area contributed by atoms with Crippen LogP contribution in [0.25, 0.3) is 0 Å². The Morgan fingerprint density at radius 3 is 2.32 bits per heavy atom. The summed E-state index contributed by atoms with van der Waals surface area (Å²) in [7, 11) is 0. The summed E-state index contributed by atoms with van der Waals surface area (Å²) in [5.74, 6) is -0.359. The molecular weight excluding hydrogens is 302 g/mol. The second-order valence-corrected chi connectivity index (χ2v) is 5.03. The van der Waals surface area contributed by atoms with Crippen LogP contribution in [0.4, 0.5) is 11.4 Å². The van der Waals surface area contributed by atoms with Crippen molar-refractivity contribution in [1.82, 2.24) is 4.98 Å². The van der Waals surface area contributed by atoms with Gasteiger partial charge in [0.2, 0.25) is 5.91 Å². The maximum Gasteiger partial charge on any atom is 0.258 e. The largest absolute Gasteiger partial charge is 0.326 e. The van der Waals surface area contributed by atoms with E-state index in [1.807, 2.05) is 6.92 Å².